The third-order valence-electron chi connectivity index (χ3n) is 4.72. The van der Waals surface area contributed by atoms with Crippen molar-refractivity contribution in [2.24, 2.45) is 4.99 Å². The molecule has 166 valence electrons. The number of carboxylic acids is 2. The number of likely N-dealkylation sites (N-methyl/N-ethyl adjacent to an activating group) is 1. The standard InChI is InChI=1S/C23H15ClN2O6S/c1-26-20(27)19(33-23(26)25-14-5-2-12(3-6-14)21(28)29)11-15-7-9-18(32-15)13-4-8-17(24)16(10-13)22(30)31/h2-11H,1H3,(H,28,29)(H,30,31). The smallest absolute Gasteiger partial charge is 0.337 e. The quantitative estimate of drug-likeness (QED) is 0.477. The number of hydrogen-bond acceptors (Lipinski definition) is 6. The zero-order chi connectivity index (χ0) is 23.7. The van der Waals surface area contributed by atoms with Crippen LogP contribution in [0.2, 0.25) is 5.02 Å². The second-order valence-corrected chi connectivity index (χ2v) is 8.34. The lowest BCUT2D eigenvalue weighted by atomic mass is 10.1. The number of carboxylic acid groups (broad SMARTS) is 2. The third-order valence-corrected chi connectivity index (χ3v) is 6.11. The molecule has 0 unspecified atom stereocenters. The number of thioether (sulfide) groups is 1. The summed E-state index contributed by atoms with van der Waals surface area (Å²) in [6.07, 6.45) is 1.58. The maximum Gasteiger partial charge on any atom is 0.337 e. The van der Waals surface area contributed by atoms with Gasteiger partial charge in [0.15, 0.2) is 5.17 Å². The first-order valence-electron chi connectivity index (χ1n) is 9.45. The molecule has 1 aliphatic heterocycles. The Labute approximate surface area is 196 Å². The maximum atomic E-state index is 12.6. The molecule has 10 heteroatoms. The van der Waals surface area contributed by atoms with Crippen molar-refractivity contribution < 1.29 is 29.0 Å². The minimum atomic E-state index is -1.14. The number of carbonyl (C=O) groups is 3. The average Bonchev–Trinajstić information content (AvgIpc) is 3.35. The van der Waals surface area contributed by atoms with Crippen molar-refractivity contribution in [1.29, 1.82) is 0 Å². The van der Waals surface area contributed by atoms with Gasteiger partial charge in [0.1, 0.15) is 11.5 Å². The summed E-state index contributed by atoms with van der Waals surface area (Å²) in [5.41, 5.74) is 1.16. The van der Waals surface area contributed by atoms with Gasteiger partial charge in [-0.15, -0.1) is 0 Å². The monoisotopic (exact) mass is 482 g/mol. The lowest BCUT2D eigenvalue weighted by molar-refractivity contribution is -0.121. The largest absolute Gasteiger partial charge is 0.478 e. The fraction of sp³-hybridized carbons (Fsp3) is 0.0435. The normalized spacial score (nSPS) is 16.1. The van der Waals surface area contributed by atoms with Crippen molar-refractivity contribution in [3.05, 3.63) is 81.4 Å². The van der Waals surface area contributed by atoms with E-state index < -0.39 is 11.9 Å². The van der Waals surface area contributed by atoms with Gasteiger partial charge in [0, 0.05) is 18.7 Å². The van der Waals surface area contributed by atoms with Gasteiger partial charge in [0.05, 0.1) is 26.7 Å². The first-order chi connectivity index (χ1) is 15.7. The summed E-state index contributed by atoms with van der Waals surface area (Å²) in [5, 5.41) is 18.8. The molecule has 0 radical (unpaired) electrons. The number of furan rings is 1. The predicted molar refractivity (Wildman–Crippen MR) is 125 cm³/mol. The van der Waals surface area contributed by atoms with Crippen LogP contribution in [0, 0.1) is 0 Å². The van der Waals surface area contributed by atoms with Crippen LogP contribution in [0.5, 0.6) is 0 Å². The summed E-state index contributed by atoms with van der Waals surface area (Å²) < 4.78 is 5.79. The number of rotatable bonds is 5. The van der Waals surface area contributed by atoms with Gasteiger partial charge in [-0.3, -0.25) is 9.69 Å². The number of nitrogens with zero attached hydrogens (tertiary/aromatic N) is 2. The molecule has 0 spiro atoms. The Balaban J connectivity index is 1.57. The average molecular weight is 483 g/mol. The fourth-order valence-electron chi connectivity index (χ4n) is 3.00. The van der Waals surface area contributed by atoms with Crippen molar-refractivity contribution >= 4 is 58.1 Å². The molecule has 0 saturated carbocycles. The molecule has 0 atom stereocenters. The molecular weight excluding hydrogens is 468 g/mol. The highest BCUT2D eigenvalue weighted by molar-refractivity contribution is 8.18. The Morgan fingerprint density at radius 3 is 2.45 bits per heavy atom. The van der Waals surface area contributed by atoms with Crippen LogP contribution in [-0.4, -0.2) is 45.2 Å². The summed E-state index contributed by atoms with van der Waals surface area (Å²) in [7, 11) is 1.59. The highest BCUT2D eigenvalue weighted by Crippen LogP contribution is 2.34. The molecule has 4 rings (SSSR count). The Morgan fingerprint density at radius 1 is 1.06 bits per heavy atom. The Morgan fingerprint density at radius 2 is 1.79 bits per heavy atom. The molecule has 2 heterocycles. The van der Waals surface area contributed by atoms with E-state index in [1.807, 2.05) is 0 Å². The van der Waals surface area contributed by atoms with Crippen molar-refractivity contribution in [2.75, 3.05) is 7.05 Å². The third kappa shape index (κ3) is 4.69. The van der Waals surface area contributed by atoms with Crippen LogP contribution in [0.25, 0.3) is 17.4 Å². The van der Waals surface area contributed by atoms with Gasteiger partial charge in [-0.2, -0.15) is 0 Å². The number of aliphatic imine (C=N–C) groups is 1. The van der Waals surface area contributed by atoms with Crippen LogP contribution in [0.3, 0.4) is 0 Å². The second-order valence-electron chi connectivity index (χ2n) is 6.92. The zero-order valence-electron chi connectivity index (χ0n) is 17.0. The van der Waals surface area contributed by atoms with E-state index in [-0.39, 0.29) is 22.1 Å². The minimum Gasteiger partial charge on any atom is -0.478 e. The van der Waals surface area contributed by atoms with Gasteiger partial charge in [0.25, 0.3) is 5.91 Å². The summed E-state index contributed by atoms with van der Waals surface area (Å²) in [6, 6.07) is 13.9. The van der Waals surface area contributed by atoms with Crippen LogP contribution in [-0.2, 0) is 4.79 Å². The van der Waals surface area contributed by atoms with Crippen LogP contribution < -0.4 is 0 Å². The highest BCUT2D eigenvalue weighted by atomic mass is 35.5. The SMILES string of the molecule is CN1C(=O)C(=Cc2ccc(-c3ccc(Cl)c(C(=O)O)c3)o2)SC1=Nc1ccc(C(=O)O)cc1. The molecule has 1 aliphatic rings. The van der Waals surface area contributed by atoms with Crippen LogP contribution in [0.4, 0.5) is 5.69 Å². The van der Waals surface area contributed by atoms with E-state index in [4.69, 9.17) is 21.1 Å². The van der Waals surface area contributed by atoms with Crippen LogP contribution >= 0.6 is 23.4 Å². The summed E-state index contributed by atoms with van der Waals surface area (Å²) >= 11 is 7.07. The number of amidine groups is 1. The molecule has 8 nitrogen and oxygen atoms in total. The Hall–Kier alpha value is -3.82. The molecule has 1 fully saturated rings. The lowest BCUT2D eigenvalue weighted by Crippen LogP contribution is -2.23. The molecule has 3 aromatic rings. The zero-order valence-corrected chi connectivity index (χ0v) is 18.6. The number of carbonyl (C=O) groups excluding carboxylic acids is 1. The van der Waals surface area contributed by atoms with E-state index in [2.05, 4.69) is 4.99 Å². The van der Waals surface area contributed by atoms with Crippen LogP contribution in [0.15, 0.2) is 68.9 Å². The van der Waals surface area contributed by atoms with E-state index in [0.29, 0.717) is 32.8 Å². The second kappa shape index (κ2) is 8.97. The van der Waals surface area contributed by atoms with Crippen molar-refractivity contribution in [3.63, 3.8) is 0 Å². The summed E-state index contributed by atoms with van der Waals surface area (Å²) in [5.74, 6) is -1.60. The highest BCUT2D eigenvalue weighted by Gasteiger charge is 2.30. The van der Waals surface area contributed by atoms with Crippen molar-refractivity contribution in [3.8, 4) is 11.3 Å². The molecule has 1 aromatic heterocycles. The molecule has 2 N–H and O–H groups in total. The van der Waals surface area contributed by atoms with Crippen LogP contribution in [0.1, 0.15) is 26.5 Å². The number of amides is 1. The van der Waals surface area contributed by atoms with Gasteiger partial charge < -0.3 is 14.6 Å². The Kier molecular flexibility index (Phi) is 6.08. The van der Waals surface area contributed by atoms with E-state index in [0.717, 1.165) is 11.8 Å². The van der Waals surface area contributed by atoms with Gasteiger partial charge in [-0.05, 0) is 66.4 Å². The first-order valence-corrected chi connectivity index (χ1v) is 10.6. The number of hydrogen-bond donors (Lipinski definition) is 2. The van der Waals surface area contributed by atoms with E-state index in [1.54, 1.807) is 43.5 Å². The topological polar surface area (TPSA) is 120 Å². The number of aromatic carboxylic acids is 2. The van der Waals surface area contributed by atoms with Gasteiger partial charge in [-0.1, -0.05) is 11.6 Å². The Bertz CT molecular complexity index is 1340. The predicted octanol–water partition coefficient (Wildman–Crippen LogP) is 5.23. The molecule has 0 bridgehead atoms. The first kappa shape index (κ1) is 22.4. The molecule has 1 amide bonds. The van der Waals surface area contributed by atoms with E-state index in [9.17, 15) is 19.5 Å². The number of halogens is 1. The maximum absolute atomic E-state index is 12.6. The fourth-order valence-corrected chi connectivity index (χ4v) is 4.16. The number of benzene rings is 2. The molecule has 2 aromatic carbocycles. The molecule has 33 heavy (non-hydrogen) atoms. The van der Waals surface area contributed by atoms with E-state index >= 15 is 0 Å². The van der Waals surface area contributed by atoms with Gasteiger partial charge in [-0.25, -0.2) is 14.6 Å². The molecule has 1 saturated heterocycles. The summed E-state index contributed by atoms with van der Waals surface area (Å²) in [4.78, 5) is 41.1. The lowest BCUT2D eigenvalue weighted by Gasteiger charge is -2.07. The molecule has 0 aliphatic carbocycles. The minimum absolute atomic E-state index is 0.0362. The summed E-state index contributed by atoms with van der Waals surface area (Å²) in [6.45, 7) is 0. The molecular formula is C23H15ClN2O6S. The van der Waals surface area contributed by atoms with E-state index in [1.165, 1.54) is 29.2 Å². The van der Waals surface area contributed by atoms with Gasteiger partial charge >= 0.3 is 11.9 Å². The van der Waals surface area contributed by atoms with Crippen molar-refractivity contribution in [1.82, 2.24) is 4.90 Å². The van der Waals surface area contributed by atoms with Gasteiger partial charge in [0.2, 0.25) is 0 Å². The van der Waals surface area contributed by atoms with Crippen molar-refractivity contribution in [2.45, 2.75) is 0 Å².